The standard InChI is InChI=1S/C21H30N2O3/c1-21(2,3)15-6-4-14(5-7-15)10-11-22-19(24)13-23-16-8-9-18(23)17(12-16)20(25)26/h4-7,16-18H,8-13H2,1-3H3,(H,22,24)(H,25,26). The van der Waals surface area contributed by atoms with Gasteiger partial charge in [0, 0.05) is 18.6 Å². The van der Waals surface area contributed by atoms with Crippen LogP contribution < -0.4 is 5.32 Å². The molecule has 2 aliphatic heterocycles. The van der Waals surface area contributed by atoms with Crippen LogP contribution in [0.4, 0.5) is 0 Å². The quantitative estimate of drug-likeness (QED) is 0.820. The molecule has 2 saturated heterocycles. The molecule has 0 spiro atoms. The third kappa shape index (κ3) is 4.09. The molecule has 26 heavy (non-hydrogen) atoms. The van der Waals surface area contributed by atoms with Gasteiger partial charge in [-0.05, 0) is 42.2 Å². The van der Waals surface area contributed by atoms with E-state index in [0.29, 0.717) is 19.5 Å². The maximum Gasteiger partial charge on any atom is 0.308 e. The molecule has 5 heteroatoms. The van der Waals surface area contributed by atoms with E-state index >= 15 is 0 Å². The number of hydrogen-bond acceptors (Lipinski definition) is 3. The number of benzene rings is 1. The van der Waals surface area contributed by atoms with Gasteiger partial charge in [0.1, 0.15) is 0 Å². The molecule has 2 bridgehead atoms. The molecule has 0 saturated carbocycles. The first kappa shape index (κ1) is 18.9. The third-order valence-corrected chi connectivity index (χ3v) is 5.88. The summed E-state index contributed by atoms with van der Waals surface area (Å²) in [7, 11) is 0. The molecule has 2 N–H and O–H groups in total. The number of aliphatic carboxylic acids is 1. The summed E-state index contributed by atoms with van der Waals surface area (Å²) in [6.07, 6.45) is 3.41. The summed E-state index contributed by atoms with van der Waals surface area (Å²) in [5.74, 6) is -1.02. The number of carboxylic acid groups (broad SMARTS) is 1. The molecule has 3 unspecified atom stereocenters. The Hall–Kier alpha value is -1.88. The van der Waals surface area contributed by atoms with E-state index in [0.717, 1.165) is 19.3 Å². The lowest BCUT2D eigenvalue weighted by Gasteiger charge is -2.22. The Balaban J connectivity index is 1.44. The van der Waals surface area contributed by atoms with Gasteiger partial charge < -0.3 is 10.4 Å². The van der Waals surface area contributed by atoms with Gasteiger partial charge in [0.2, 0.25) is 5.91 Å². The molecule has 1 amide bonds. The summed E-state index contributed by atoms with van der Waals surface area (Å²) >= 11 is 0. The zero-order valence-electron chi connectivity index (χ0n) is 16.0. The predicted molar refractivity (Wildman–Crippen MR) is 101 cm³/mol. The number of carbonyl (C=O) groups excluding carboxylic acids is 1. The van der Waals surface area contributed by atoms with Crippen LogP contribution in [-0.4, -0.2) is 47.1 Å². The number of rotatable bonds is 6. The summed E-state index contributed by atoms with van der Waals surface area (Å²) in [6.45, 7) is 7.52. The van der Waals surface area contributed by atoms with Gasteiger partial charge in [0.15, 0.2) is 0 Å². The van der Waals surface area contributed by atoms with Gasteiger partial charge >= 0.3 is 5.97 Å². The van der Waals surface area contributed by atoms with E-state index in [4.69, 9.17) is 0 Å². The van der Waals surface area contributed by atoms with Crippen LogP contribution in [0.15, 0.2) is 24.3 Å². The van der Waals surface area contributed by atoms with Crippen molar-refractivity contribution in [2.75, 3.05) is 13.1 Å². The first-order valence-corrected chi connectivity index (χ1v) is 9.60. The van der Waals surface area contributed by atoms with Crippen molar-refractivity contribution in [2.24, 2.45) is 5.92 Å². The normalized spacial score (nSPS) is 25.4. The molecule has 2 heterocycles. The molecule has 0 aliphatic carbocycles. The second kappa shape index (κ2) is 7.39. The number of nitrogens with one attached hydrogen (secondary N) is 1. The Morgan fingerprint density at radius 3 is 2.46 bits per heavy atom. The molecule has 3 atom stereocenters. The highest BCUT2D eigenvalue weighted by molar-refractivity contribution is 5.78. The maximum absolute atomic E-state index is 12.3. The van der Waals surface area contributed by atoms with Gasteiger partial charge in [-0.2, -0.15) is 0 Å². The Morgan fingerprint density at radius 1 is 1.19 bits per heavy atom. The van der Waals surface area contributed by atoms with Crippen molar-refractivity contribution in [1.82, 2.24) is 10.2 Å². The fourth-order valence-corrected chi connectivity index (χ4v) is 4.35. The average molecular weight is 358 g/mol. The molecule has 3 rings (SSSR count). The van der Waals surface area contributed by atoms with E-state index < -0.39 is 5.97 Å². The minimum absolute atomic E-state index is 0.000694. The molecular weight excluding hydrogens is 328 g/mol. The van der Waals surface area contributed by atoms with Crippen molar-refractivity contribution in [3.63, 3.8) is 0 Å². The van der Waals surface area contributed by atoms with Gasteiger partial charge in [0.05, 0.1) is 12.5 Å². The average Bonchev–Trinajstić information content (AvgIpc) is 3.11. The molecule has 142 valence electrons. The van der Waals surface area contributed by atoms with Crippen molar-refractivity contribution < 1.29 is 14.7 Å². The largest absolute Gasteiger partial charge is 0.481 e. The van der Waals surface area contributed by atoms with Crippen LogP contribution in [0.5, 0.6) is 0 Å². The van der Waals surface area contributed by atoms with E-state index in [2.05, 4.69) is 55.3 Å². The Morgan fingerprint density at radius 2 is 1.88 bits per heavy atom. The highest BCUT2D eigenvalue weighted by Gasteiger charge is 2.49. The lowest BCUT2D eigenvalue weighted by atomic mass is 9.86. The predicted octanol–water partition coefficient (Wildman–Crippen LogP) is 2.58. The van der Waals surface area contributed by atoms with Crippen LogP contribution in [0.2, 0.25) is 0 Å². The molecule has 2 aliphatic rings. The van der Waals surface area contributed by atoms with Gasteiger partial charge in [-0.3, -0.25) is 14.5 Å². The summed E-state index contributed by atoms with van der Waals surface area (Å²) in [5.41, 5.74) is 2.67. The summed E-state index contributed by atoms with van der Waals surface area (Å²) in [6, 6.07) is 8.87. The topological polar surface area (TPSA) is 69.6 Å². The zero-order chi connectivity index (χ0) is 18.9. The van der Waals surface area contributed by atoms with Crippen molar-refractivity contribution in [1.29, 1.82) is 0 Å². The van der Waals surface area contributed by atoms with Gasteiger partial charge in [-0.15, -0.1) is 0 Å². The van der Waals surface area contributed by atoms with Crippen molar-refractivity contribution in [3.05, 3.63) is 35.4 Å². The lowest BCUT2D eigenvalue weighted by molar-refractivity contribution is -0.143. The van der Waals surface area contributed by atoms with Crippen molar-refractivity contribution in [3.8, 4) is 0 Å². The number of amides is 1. The van der Waals surface area contributed by atoms with E-state index in [9.17, 15) is 14.7 Å². The maximum atomic E-state index is 12.3. The second-order valence-corrected chi connectivity index (χ2v) is 8.70. The van der Waals surface area contributed by atoms with Crippen molar-refractivity contribution in [2.45, 2.75) is 64.0 Å². The molecule has 2 fully saturated rings. The van der Waals surface area contributed by atoms with E-state index in [-0.39, 0.29) is 29.3 Å². The van der Waals surface area contributed by atoms with Crippen molar-refractivity contribution >= 4 is 11.9 Å². The Labute approximate surface area is 155 Å². The molecule has 5 nitrogen and oxygen atoms in total. The van der Waals surface area contributed by atoms with Crippen LogP contribution in [-0.2, 0) is 21.4 Å². The number of fused-ring (bicyclic) bond motifs is 2. The number of carboxylic acids is 1. The van der Waals surface area contributed by atoms with Crippen LogP contribution in [0, 0.1) is 5.92 Å². The number of carbonyl (C=O) groups is 2. The number of hydrogen-bond donors (Lipinski definition) is 2. The lowest BCUT2D eigenvalue weighted by Crippen LogP contribution is -2.41. The van der Waals surface area contributed by atoms with Crippen LogP contribution in [0.3, 0.4) is 0 Å². The van der Waals surface area contributed by atoms with E-state index in [1.807, 2.05) is 0 Å². The zero-order valence-corrected chi connectivity index (χ0v) is 16.0. The molecule has 0 radical (unpaired) electrons. The third-order valence-electron chi connectivity index (χ3n) is 5.88. The minimum atomic E-state index is -0.721. The smallest absolute Gasteiger partial charge is 0.308 e. The fourth-order valence-electron chi connectivity index (χ4n) is 4.35. The Kier molecular flexibility index (Phi) is 5.37. The van der Waals surface area contributed by atoms with Crippen LogP contribution in [0.1, 0.15) is 51.2 Å². The van der Waals surface area contributed by atoms with Crippen LogP contribution in [0.25, 0.3) is 0 Å². The SMILES string of the molecule is CC(C)(C)c1ccc(CCNC(=O)CN2C3CCC2C(C(=O)O)C3)cc1. The number of nitrogens with zero attached hydrogens (tertiary/aromatic N) is 1. The monoisotopic (exact) mass is 358 g/mol. The molecule has 1 aromatic carbocycles. The summed E-state index contributed by atoms with van der Waals surface area (Å²) in [4.78, 5) is 25.7. The van der Waals surface area contributed by atoms with E-state index in [1.165, 1.54) is 11.1 Å². The summed E-state index contributed by atoms with van der Waals surface area (Å²) in [5, 5.41) is 12.3. The van der Waals surface area contributed by atoms with Gasteiger partial charge in [-0.25, -0.2) is 0 Å². The van der Waals surface area contributed by atoms with Gasteiger partial charge in [0.25, 0.3) is 0 Å². The minimum Gasteiger partial charge on any atom is -0.481 e. The van der Waals surface area contributed by atoms with Crippen LogP contribution >= 0.6 is 0 Å². The first-order valence-electron chi connectivity index (χ1n) is 9.60. The molecule has 1 aromatic rings. The Bertz CT molecular complexity index is 663. The fraction of sp³-hybridized carbons (Fsp3) is 0.619. The first-order chi connectivity index (χ1) is 12.3. The highest BCUT2D eigenvalue weighted by atomic mass is 16.4. The molecular formula is C21H30N2O3. The highest BCUT2D eigenvalue weighted by Crippen LogP contribution is 2.41. The van der Waals surface area contributed by atoms with Gasteiger partial charge in [-0.1, -0.05) is 45.0 Å². The molecule has 0 aromatic heterocycles. The summed E-state index contributed by atoms with van der Waals surface area (Å²) < 4.78 is 0. The van der Waals surface area contributed by atoms with E-state index in [1.54, 1.807) is 0 Å². The second-order valence-electron chi connectivity index (χ2n) is 8.70.